The molecule has 1 unspecified atom stereocenters. The van der Waals surface area contributed by atoms with Gasteiger partial charge < -0.3 is 4.90 Å². The molecule has 8 nitrogen and oxygen atoms in total. The number of likely N-dealkylation sites (tertiary alicyclic amines) is 1. The summed E-state index contributed by atoms with van der Waals surface area (Å²) in [4.78, 5) is 18.8. The molecule has 0 N–H and O–H groups in total. The number of carbonyl (C=O) groups excluding carboxylic acids is 1. The van der Waals surface area contributed by atoms with E-state index >= 15 is 0 Å². The predicted molar refractivity (Wildman–Crippen MR) is 94.6 cm³/mol. The van der Waals surface area contributed by atoms with Crippen LogP contribution in [0.3, 0.4) is 0 Å². The Balaban J connectivity index is 1.47. The fourth-order valence-electron chi connectivity index (χ4n) is 3.48. The second-order valence-corrected chi connectivity index (χ2v) is 6.55. The average Bonchev–Trinajstić information content (AvgIpc) is 3.39. The van der Waals surface area contributed by atoms with Crippen molar-refractivity contribution in [3.05, 3.63) is 54.4 Å². The molecule has 0 aliphatic carbocycles. The Hall–Kier alpha value is -3.03. The molecule has 1 aliphatic rings. The molecule has 1 aliphatic heterocycles. The van der Waals surface area contributed by atoms with Gasteiger partial charge in [0.25, 0.3) is 0 Å². The van der Waals surface area contributed by atoms with E-state index in [2.05, 4.69) is 20.4 Å². The molecule has 1 atom stereocenters. The summed E-state index contributed by atoms with van der Waals surface area (Å²) in [5.41, 5.74) is 2.57. The molecule has 1 fully saturated rings. The minimum absolute atomic E-state index is 0.0934. The van der Waals surface area contributed by atoms with Crippen LogP contribution in [-0.4, -0.2) is 53.2 Å². The fourth-order valence-corrected chi connectivity index (χ4v) is 3.48. The van der Waals surface area contributed by atoms with Crippen molar-refractivity contribution in [2.45, 2.75) is 38.8 Å². The third-order valence-electron chi connectivity index (χ3n) is 4.87. The van der Waals surface area contributed by atoms with E-state index in [0.717, 1.165) is 36.5 Å². The standard InChI is InChI=1S/C18H21N7O/c1-14-17(21-22-25(14)15-6-3-2-4-7-15)10-18(26)24-9-5-8-16(24)11-23-13-19-12-20-23/h2-4,6-7,12-13,16H,5,8-11H2,1H3. The zero-order valence-corrected chi connectivity index (χ0v) is 14.7. The highest BCUT2D eigenvalue weighted by Gasteiger charge is 2.30. The first kappa shape index (κ1) is 16.4. The molecule has 0 saturated carbocycles. The van der Waals surface area contributed by atoms with Gasteiger partial charge in [-0.15, -0.1) is 5.10 Å². The van der Waals surface area contributed by atoms with E-state index in [-0.39, 0.29) is 18.4 Å². The van der Waals surface area contributed by atoms with Crippen molar-refractivity contribution in [1.29, 1.82) is 0 Å². The van der Waals surface area contributed by atoms with Gasteiger partial charge in [-0.25, -0.2) is 9.67 Å². The third-order valence-corrected chi connectivity index (χ3v) is 4.87. The summed E-state index contributed by atoms with van der Waals surface area (Å²) < 4.78 is 3.56. The zero-order chi connectivity index (χ0) is 17.9. The van der Waals surface area contributed by atoms with Gasteiger partial charge in [-0.3, -0.25) is 9.48 Å². The number of aromatic nitrogens is 6. The van der Waals surface area contributed by atoms with Crippen LogP contribution in [0.2, 0.25) is 0 Å². The average molecular weight is 351 g/mol. The summed E-state index contributed by atoms with van der Waals surface area (Å²) in [5.74, 6) is 0.0934. The first-order chi connectivity index (χ1) is 12.7. The van der Waals surface area contributed by atoms with Crippen molar-refractivity contribution in [2.75, 3.05) is 6.54 Å². The summed E-state index contributed by atoms with van der Waals surface area (Å²) in [6, 6.07) is 9.99. The summed E-state index contributed by atoms with van der Waals surface area (Å²) in [6.07, 6.45) is 5.48. The smallest absolute Gasteiger partial charge is 0.229 e. The van der Waals surface area contributed by atoms with Crippen LogP contribution in [0.25, 0.3) is 5.69 Å². The van der Waals surface area contributed by atoms with Gasteiger partial charge in [0.15, 0.2) is 0 Å². The van der Waals surface area contributed by atoms with E-state index in [1.165, 1.54) is 6.33 Å². The van der Waals surface area contributed by atoms with E-state index in [4.69, 9.17) is 0 Å². The number of rotatable bonds is 5. The van der Waals surface area contributed by atoms with Crippen molar-refractivity contribution in [3.63, 3.8) is 0 Å². The highest BCUT2D eigenvalue weighted by molar-refractivity contribution is 5.79. The number of nitrogens with zero attached hydrogens (tertiary/aromatic N) is 7. The van der Waals surface area contributed by atoms with Crippen LogP contribution in [0.4, 0.5) is 0 Å². The Morgan fingerprint density at radius 3 is 2.88 bits per heavy atom. The van der Waals surface area contributed by atoms with Gasteiger partial charge in [0.05, 0.1) is 36.1 Å². The Morgan fingerprint density at radius 1 is 1.27 bits per heavy atom. The minimum Gasteiger partial charge on any atom is -0.338 e. The summed E-state index contributed by atoms with van der Waals surface area (Å²) >= 11 is 0. The van der Waals surface area contributed by atoms with Gasteiger partial charge in [0, 0.05) is 6.54 Å². The largest absolute Gasteiger partial charge is 0.338 e. The second-order valence-electron chi connectivity index (χ2n) is 6.55. The molecule has 134 valence electrons. The first-order valence-electron chi connectivity index (χ1n) is 8.81. The zero-order valence-electron chi connectivity index (χ0n) is 14.7. The van der Waals surface area contributed by atoms with Crippen LogP contribution < -0.4 is 0 Å². The predicted octanol–water partition coefficient (Wildman–Crippen LogP) is 1.40. The molecule has 4 rings (SSSR count). The summed E-state index contributed by atoms with van der Waals surface area (Å²) in [6.45, 7) is 3.41. The lowest BCUT2D eigenvalue weighted by Gasteiger charge is -2.24. The first-order valence-corrected chi connectivity index (χ1v) is 8.81. The van der Waals surface area contributed by atoms with Crippen LogP contribution >= 0.6 is 0 Å². The molecule has 8 heteroatoms. The number of para-hydroxylation sites is 1. The summed E-state index contributed by atoms with van der Waals surface area (Å²) in [5, 5.41) is 12.6. The fraction of sp³-hybridized carbons (Fsp3) is 0.389. The molecule has 1 amide bonds. The molecule has 26 heavy (non-hydrogen) atoms. The van der Waals surface area contributed by atoms with Crippen molar-refractivity contribution < 1.29 is 4.79 Å². The minimum atomic E-state index is 0.0934. The molecular formula is C18H21N7O. The highest BCUT2D eigenvalue weighted by Crippen LogP contribution is 2.21. The Bertz CT molecular complexity index is 872. The van der Waals surface area contributed by atoms with E-state index < -0.39 is 0 Å². The van der Waals surface area contributed by atoms with Gasteiger partial charge in [0.1, 0.15) is 12.7 Å². The molecule has 2 aromatic heterocycles. The monoisotopic (exact) mass is 351 g/mol. The molecular weight excluding hydrogens is 330 g/mol. The van der Waals surface area contributed by atoms with Crippen molar-refractivity contribution in [2.24, 2.45) is 0 Å². The van der Waals surface area contributed by atoms with Gasteiger partial charge in [-0.1, -0.05) is 23.4 Å². The Morgan fingerprint density at radius 2 is 2.12 bits per heavy atom. The lowest BCUT2D eigenvalue weighted by molar-refractivity contribution is -0.131. The van der Waals surface area contributed by atoms with Gasteiger partial charge in [-0.05, 0) is 31.9 Å². The normalized spacial score (nSPS) is 17.0. The number of hydrogen-bond donors (Lipinski definition) is 0. The maximum Gasteiger partial charge on any atom is 0.229 e. The molecule has 0 radical (unpaired) electrons. The van der Waals surface area contributed by atoms with Gasteiger partial charge >= 0.3 is 0 Å². The van der Waals surface area contributed by atoms with E-state index in [1.807, 2.05) is 42.2 Å². The topological polar surface area (TPSA) is 81.7 Å². The third kappa shape index (κ3) is 3.22. The maximum atomic E-state index is 12.9. The Labute approximate surface area is 151 Å². The second kappa shape index (κ2) is 7.07. The molecule has 3 aromatic rings. The van der Waals surface area contributed by atoms with Crippen LogP contribution in [0, 0.1) is 6.92 Å². The molecule has 1 aromatic carbocycles. The lowest BCUT2D eigenvalue weighted by atomic mass is 10.2. The quantitative estimate of drug-likeness (QED) is 0.694. The van der Waals surface area contributed by atoms with Crippen LogP contribution in [0.1, 0.15) is 24.2 Å². The van der Waals surface area contributed by atoms with Crippen molar-refractivity contribution in [1.82, 2.24) is 34.7 Å². The molecule has 1 saturated heterocycles. The number of benzene rings is 1. The van der Waals surface area contributed by atoms with Gasteiger partial charge in [0.2, 0.25) is 5.91 Å². The molecule has 0 spiro atoms. The van der Waals surface area contributed by atoms with Crippen LogP contribution in [-0.2, 0) is 17.8 Å². The Kier molecular flexibility index (Phi) is 4.47. The number of carbonyl (C=O) groups is 1. The number of amides is 1. The van der Waals surface area contributed by atoms with Crippen LogP contribution in [0.5, 0.6) is 0 Å². The number of hydrogen-bond acceptors (Lipinski definition) is 5. The SMILES string of the molecule is Cc1c(CC(=O)N2CCCC2Cn2cncn2)nnn1-c1ccccc1. The van der Waals surface area contributed by atoms with E-state index in [9.17, 15) is 4.79 Å². The van der Waals surface area contributed by atoms with Crippen molar-refractivity contribution >= 4 is 5.91 Å². The van der Waals surface area contributed by atoms with Gasteiger partial charge in [-0.2, -0.15) is 5.10 Å². The van der Waals surface area contributed by atoms with Crippen LogP contribution in [0.15, 0.2) is 43.0 Å². The lowest BCUT2D eigenvalue weighted by Crippen LogP contribution is -2.39. The summed E-state index contributed by atoms with van der Waals surface area (Å²) in [7, 11) is 0. The van der Waals surface area contributed by atoms with E-state index in [1.54, 1.807) is 15.7 Å². The van der Waals surface area contributed by atoms with E-state index in [0.29, 0.717) is 6.54 Å². The molecule has 0 bridgehead atoms. The maximum absolute atomic E-state index is 12.9. The highest BCUT2D eigenvalue weighted by atomic mass is 16.2. The molecule has 3 heterocycles. The van der Waals surface area contributed by atoms with Crippen molar-refractivity contribution in [3.8, 4) is 5.69 Å².